The minimum Gasteiger partial charge on any atom is -0.426 e. The van der Waals surface area contributed by atoms with Crippen molar-refractivity contribution in [2.45, 2.75) is 40.2 Å². The largest absolute Gasteiger partial charge is 0.573 e. The van der Waals surface area contributed by atoms with Crippen molar-refractivity contribution in [3.63, 3.8) is 0 Å². The molecule has 0 saturated heterocycles. The Morgan fingerprint density at radius 2 is 1.74 bits per heavy atom. The second-order valence-electron chi connectivity index (χ2n) is 6.93. The van der Waals surface area contributed by atoms with E-state index in [1.54, 1.807) is 42.5 Å². The quantitative estimate of drug-likeness (QED) is 0.378. The highest BCUT2D eigenvalue weighted by Crippen LogP contribution is 2.32. The van der Waals surface area contributed by atoms with Crippen molar-refractivity contribution in [3.05, 3.63) is 63.6 Å². The Labute approximate surface area is 181 Å². The number of esters is 1. The number of rotatable bonds is 7. The molecular weight excluding hydrogens is 429 g/mol. The first-order valence-electron chi connectivity index (χ1n) is 9.40. The first-order chi connectivity index (χ1) is 14.6. The third-order valence-corrected chi connectivity index (χ3v) is 5.27. The van der Waals surface area contributed by atoms with Crippen LogP contribution in [0.5, 0.6) is 11.5 Å². The summed E-state index contributed by atoms with van der Waals surface area (Å²) in [6.45, 7) is 5.78. The normalized spacial score (nSPS) is 11.4. The highest BCUT2D eigenvalue weighted by atomic mass is 32.1. The lowest BCUT2D eigenvalue weighted by Gasteiger charge is -2.14. The zero-order valence-electron chi connectivity index (χ0n) is 17.2. The van der Waals surface area contributed by atoms with Crippen LogP contribution in [0.1, 0.15) is 28.8 Å². The van der Waals surface area contributed by atoms with Crippen molar-refractivity contribution < 1.29 is 27.4 Å². The molecule has 0 radical (unpaired) electrons. The third kappa shape index (κ3) is 6.53. The van der Waals surface area contributed by atoms with Crippen LogP contribution in [0.25, 0.3) is 11.1 Å². The van der Waals surface area contributed by atoms with Gasteiger partial charge in [-0.2, -0.15) is 0 Å². The van der Waals surface area contributed by atoms with Gasteiger partial charge in [0.25, 0.3) is 0 Å². The van der Waals surface area contributed by atoms with E-state index in [9.17, 15) is 18.0 Å². The molecule has 0 aliphatic carbocycles. The molecular formula is C22H21F3N2O3S. The number of aromatic nitrogens is 1. The fraction of sp³-hybridized carbons (Fsp3) is 0.273. The number of nitrogens with zero attached hydrogens (tertiary/aromatic N) is 1. The molecule has 3 rings (SSSR count). The maximum atomic E-state index is 12.5. The Morgan fingerprint density at radius 1 is 1.06 bits per heavy atom. The summed E-state index contributed by atoms with van der Waals surface area (Å²) in [7, 11) is 0. The molecule has 0 bridgehead atoms. The van der Waals surface area contributed by atoms with Crippen LogP contribution in [-0.4, -0.2) is 17.3 Å². The van der Waals surface area contributed by atoms with Crippen molar-refractivity contribution in [2.75, 3.05) is 0 Å². The van der Waals surface area contributed by atoms with Crippen molar-refractivity contribution >= 4 is 17.3 Å². The molecule has 1 heterocycles. The van der Waals surface area contributed by atoms with Gasteiger partial charge in [0.2, 0.25) is 0 Å². The zero-order valence-corrected chi connectivity index (χ0v) is 18.0. The smallest absolute Gasteiger partial charge is 0.426 e. The summed E-state index contributed by atoms with van der Waals surface area (Å²) in [5, 5.41) is 6.19. The predicted molar refractivity (Wildman–Crippen MR) is 112 cm³/mol. The van der Waals surface area contributed by atoms with Crippen LogP contribution in [0.3, 0.4) is 0 Å². The number of benzene rings is 2. The van der Waals surface area contributed by atoms with Crippen LogP contribution in [0.2, 0.25) is 0 Å². The minimum atomic E-state index is -4.74. The second-order valence-corrected chi connectivity index (χ2v) is 7.87. The SMILES string of the molecule is CC(=O)Oc1ccc(-c2ccc(OC(F)(F)F)c(C)c2)cc1CNCc1nc(C)cs1. The number of hydrogen-bond acceptors (Lipinski definition) is 6. The monoisotopic (exact) mass is 450 g/mol. The summed E-state index contributed by atoms with van der Waals surface area (Å²) in [4.78, 5) is 15.9. The van der Waals surface area contributed by atoms with E-state index in [1.165, 1.54) is 13.0 Å². The van der Waals surface area contributed by atoms with E-state index in [-0.39, 0.29) is 5.75 Å². The number of carbonyl (C=O) groups is 1. The summed E-state index contributed by atoms with van der Waals surface area (Å²) in [6, 6.07) is 9.75. The molecule has 0 unspecified atom stereocenters. The van der Waals surface area contributed by atoms with E-state index in [0.717, 1.165) is 27.4 Å². The lowest BCUT2D eigenvalue weighted by molar-refractivity contribution is -0.274. The van der Waals surface area contributed by atoms with Crippen molar-refractivity contribution in [1.82, 2.24) is 10.3 Å². The summed E-state index contributed by atoms with van der Waals surface area (Å²) in [5.74, 6) is -0.254. The van der Waals surface area contributed by atoms with Crippen LogP contribution < -0.4 is 14.8 Å². The summed E-state index contributed by atoms with van der Waals surface area (Å²) in [6.07, 6.45) is -4.74. The van der Waals surface area contributed by atoms with Gasteiger partial charge in [0.1, 0.15) is 16.5 Å². The fourth-order valence-corrected chi connectivity index (χ4v) is 3.75. The lowest BCUT2D eigenvalue weighted by Crippen LogP contribution is -2.17. The molecule has 31 heavy (non-hydrogen) atoms. The average molecular weight is 450 g/mol. The molecule has 0 aliphatic heterocycles. The Hall–Kier alpha value is -2.91. The molecule has 5 nitrogen and oxygen atoms in total. The van der Waals surface area contributed by atoms with Gasteiger partial charge in [-0.05, 0) is 54.8 Å². The van der Waals surface area contributed by atoms with Crippen LogP contribution in [-0.2, 0) is 17.9 Å². The molecule has 0 spiro atoms. The molecule has 1 aromatic heterocycles. The zero-order chi connectivity index (χ0) is 22.6. The van der Waals surface area contributed by atoms with Gasteiger partial charge in [-0.1, -0.05) is 12.1 Å². The number of carbonyl (C=O) groups excluding carboxylic acids is 1. The van der Waals surface area contributed by atoms with E-state index >= 15 is 0 Å². The van der Waals surface area contributed by atoms with E-state index in [0.29, 0.717) is 24.4 Å². The van der Waals surface area contributed by atoms with Gasteiger partial charge in [0.15, 0.2) is 0 Å². The number of alkyl halides is 3. The number of halogens is 3. The maximum Gasteiger partial charge on any atom is 0.573 e. The van der Waals surface area contributed by atoms with Gasteiger partial charge >= 0.3 is 12.3 Å². The van der Waals surface area contributed by atoms with Gasteiger partial charge in [0.05, 0.1) is 0 Å². The highest BCUT2D eigenvalue weighted by molar-refractivity contribution is 7.09. The molecule has 2 aromatic carbocycles. The van der Waals surface area contributed by atoms with Crippen LogP contribution >= 0.6 is 11.3 Å². The maximum absolute atomic E-state index is 12.5. The van der Waals surface area contributed by atoms with E-state index in [2.05, 4.69) is 15.0 Å². The Bertz CT molecular complexity index is 1080. The van der Waals surface area contributed by atoms with Crippen molar-refractivity contribution in [2.24, 2.45) is 0 Å². The molecule has 3 aromatic rings. The predicted octanol–water partition coefficient (Wildman–Crippen LogP) is 5.54. The average Bonchev–Trinajstić information content (AvgIpc) is 3.08. The van der Waals surface area contributed by atoms with Gasteiger partial charge in [0, 0.05) is 36.7 Å². The van der Waals surface area contributed by atoms with Gasteiger partial charge in [-0.15, -0.1) is 24.5 Å². The molecule has 1 N–H and O–H groups in total. The molecule has 9 heteroatoms. The number of aryl methyl sites for hydroxylation is 2. The van der Waals surface area contributed by atoms with Crippen LogP contribution in [0.15, 0.2) is 41.8 Å². The van der Waals surface area contributed by atoms with Crippen molar-refractivity contribution in [1.29, 1.82) is 0 Å². The fourth-order valence-electron chi connectivity index (χ4n) is 3.01. The summed E-state index contributed by atoms with van der Waals surface area (Å²) in [5.41, 5.74) is 3.56. The van der Waals surface area contributed by atoms with E-state index < -0.39 is 12.3 Å². The number of hydrogen-bond donors (Lipinski definition) is 1. The molecule has 0 saturated carbocycles. The number of ether oxygens (including phenoxy) is 2. The van der Waals surface area contributed by atoms with Gasteiger partial charge in [-0.3, -0.25) is 4.79 Å². The lowest BCUT2D eigenvalue weighted by atomic mass is 10.00. The summed E-state index contributed by atoms with van der Waals surface area (Å²) < 4.78 is 46.9. The first-order valence-corrected chi connectivity index (χ1v) is 10.3. The molecule has 0 amide bonds. The molecule has 0 fully saturated rings. The van der Waals surface area contributed by atoms with E-state index in [1.807, 2.05) is 18.4 Å². The Balaban J connectivity index is 1.83. The molecule has 0 aliphatic rings. The second kappa shape index (κ2) is 9.49. The topological polar surface area (TPSA) is 60.5 Å². The van der Waals surface area contributed by atoms with Gasteiger partial charge in [-0.25, -0.2) is 4.98 Å². The Kier molecular flexibility index (Phi) is 6.97. The number of thiazole rings is 1. The van der Waals surface area contributed by atoms with Crippen molar-refractivity contribution in [3.8, 4) is 22.6 Å². The third-order valence-electron chi connectivity index (χ3n) is 4.31. The van der Waals surface area contributed by atoms with Crippen LogP contribution in [0, 0.1) is 13.8 Å². The van der Waals surface area contributed by atoms with Gasteiger partial charge < -0.3 is 14.8 Å². The van der Waals surface area contributed by atoms with Crippen LogP contribution in [0.4, 0.5) is 13.2 Å². The Morgan fingerprint density at radius 3 is 2.32 bits per heavy atom. The highest BCUT2D eigenvalue weighted by Gasteiger charge is 2.31. The number of nitrogens with one attached hydrogen (secondary N) is 1. The standard InChI is InChI=1S/C22H21F3N2O3S/c1-13-8-16(4-6-19(13)30-22(23,24)25)17-5-7-20(29-15(3)28)18(9-17)10-26-11-21-27-14(2)12-31-21/h4-9,12,26H,10-11H2,1-3H3. The molecule has 164 valence electrons. The summed E-state index contributed by atoms with van der Waals surface area (Å²) >= 11 is 1.56. The first kappa shape index (κ1) is 22.8. The minimum absolute atomic E-state index is 0.242. The molecule has 0 atom stereocenters. The van der Waals surface area contributed by atoms with E-state index in [4.69, 9.17) is 4.74 Å².